The fourth-order valence-corrected chi connectivity index (χ4v) is 3.01. The number of hydrogen-bond acceptors (Lipinski definition) is 3. The van der Waals surface area contributed by atoms with Crippen molar-refractivity contribution in [2.24, 2.45) is 5.73 Å². The van der Waals surface area contributed by atoms with Crippen LogP contribution in [-0.2, 0) is 5.41 Å². The Morgan fingerprint density at radius 3 is 2.45 bits per heavy atom. The van der Waals surface area contributed by atoms with Crippen LogP contribution in [0.2, 0.25) is 0 Å². The number of aliphatic hydroxyl groups is 1. The predicted octanol–water partition coefficient (Wildman–Crippen LogP) is 3.19. The van der Waals surface area contributed by atoms with E-state index >= 15 is 0 Å². The Kier molecular flexibility index (Phi) is 4.11. The van der Waals surface area contributed by atoms with Gasteiger partial charge in [0.2, 0.25) is 0 Å². The van der Waals surface area contributed by atoms with Gasteiger partial charge in [-0.2, -0.15) is 0 Å². The third-order valence-corrected chi connectivity index (χ3v) is 4.65. The molecule has 1 unspecified atom stereocenters. The zero-order valence-electron chi connectivity index (χ0n) is 12.8. The molecule has 20 heavy (non-hydrogen) atoms. The Hall–Kier alpha value is -1.45. The lowest BCUT2D eigenvalue weighted by molar-refractivity contribution is 0.0797. The van der Waals surface area contributed by atoms with Gasteiger partial charge in [0, 0.05) is 16.5 Å². The minimum atomic E-state index is -0.883. The molecule has 1 atom stereocenters. The van der Waals surface area contributed by atoms with Gasteiger partial charge >= 0.3 is 0 Å². The van der Waals surface area contributed by atoms with Crippen LogP contribution in [0.5, 0.6) is 0 Å². The van der Waals surface area contributed by atoms with Crippen molar-refractivity contribution in [1.82, 2.24) is 4.98 Å². The maximum atomic E-state index is 10.1. The highest BCUT2D eigenvalue weighted by Crippen LogP contribution is 2.37. The van der Waals surface area contributed by atoms with Gasteiger partial charge in [-0.1, -0.05) is 32.0 Å². The molecule has 0 bridgehead atoms. The number of aryl methyl sites for hydroxylation is 2. The van der Waals surface area contributed by atoms with Crippen LogP contribution in [0.1, 0.15) is 43.5 Å². The fraction of sp³-hybridized carbons (Fsp3) is 0.471. The SMILES string of the molecule is CCC(CC)(c1cccc2cc(C)c(C)nc12)C(N)O. The second-order valence-electron chi connectivity index (χ2n) is 5.58. The normalized spacial score (nSPS) is 13.7. The molecule has 0 saturated carbocycles. The highest BCUT2D eigenvalue weighted by molar-refractivity contribution is 5.83. The van der Waals surface area contributed by atoms with Crippen LogP contribution < -0.4 is 5.73 Å². The lowest BCUT2D eigenvalue weighted by Gasteiger charge is -2.35. The molecule has 0 spiro atoms. The van der Waals surface area contributed by atoms with Gasteiger partial charge in [0.15, 0.2) is 0 Å². The molecular weight excluding hydrogens is 248 g/mol. The predicted molar refractivity (Wildman–Crippen MR) is 83.7 cm³/mol. The van der Waals surface area contributed by atoms with Gasteiger partial charge in [0.25, 0.3) is 0 Å². The third kappa shape index (κ3) is 2.21. The number of hydrogen-bond donors (Lipinski definition) is 2. The molecule has 3 N–H and O–H groups in total. The second-order valence-corrected chi connectivity index (χ2v) is 5.58. The Labute approximate surface area is 120 Å². The van der Waals surface area contributed by atoms with Gasteiger partial charge in [0.1, 0.15) is 6.23 Å². The molecule has 108 valence electrons. The molecular formula is C17H24N2O. The summed E-state index contributed by atoms with van der Waals surface area (Å²) in [5, 5.41) is 11.3. The Balaban J connectivity index is 2.79. The molecule has 0 fully saturated rings. The molecule has 0 saturated heterocycles. The van der Waals surface area contributed by atoms with Crippen molar-refractivity contribution < 1.29 is 5.11 Å². The summed E-state index contributed by atoms with van der Waals surface area (Å²) in [6.45, 7) is 8.22. The van der Waals surface area contributed by atoms with Crippen LogP contribution in [0, 0.1) is 13.8 Å². The van der Waals surface area contributed by atoms with E-state index in [2.05, 4.69) is 32.9 Å². The van der Waals surface area contributed by atoms with Crippen molar-refractivity contribution in [3.05, 3.63) is 41.1 Å². The molecule has 0 aliphatic rings. The van der Waals surface area contributed by atoms with Crippen LogP contribution in [-0.4, -0.2) is 16.3 Å². The minimum absolute atomic E-state index is 0.436. The Morgan fingerprint density at radius 2 is 1.90 bits per heavy atom. The quantitative estimate of drug-likeness (QED) is 0.840. The van der Waals surface area contributed by atoms with Crippen molar-refractivity contribution >= 4 is 10.9 Å². The molecule has 1 aromatic heterocycles. The van der Waals surface area contributed by atoms with Crippen molar-refractivity contribution in [3.8, 4) is 0 Å². The van der Waals surface area contributed by atoms with Gasteiger partial charge in [0.05, 0.1) is 5.52 Å². The molecule has 0 amide bonds. The lowest BCUT2D eigenvalue weighted by atomic mass is 9.73. The number of aliphatic hydroxyl groups excluding tert-OH is 1. The summed E-state index contributed by atoms with van der Waals surface area (Å²) in [5.41, 5.74) is 9.70. The summed E-state index contributed by atoms with van der Waals surface area (Å²) in [4.78, 5) is 4.75. The zero-order chi connectivity index (χ0) is 14.9. The van der Waals surface area contributed by atoms with Crippen LogP contribution in [0.4, 0.5) is 0 Å². The van der Waals surface area contributed by atoms with E-state index in [0.29, 0.717) is 0 Å². The number of nitrogens with two attached hydrogens (primary N) is 1. The summed E-state index contributed by atoms with van der Waals surface area (Å²) >= 11 is 0. The summed E-state index contributed by atoms with van der Waals surface area (Å²) in [5.74, 6) is 0. The number of rotatable bonds is 4. The van der Waals surface area contributed by atoms with Gasteiger partial charge in [-0.3, -0.25) is 4.98 Å². The maximum absolute atomic E-state index is 10.1. The van der Waals surface area contributed by atoms with Crippen molar-refractivity contribution in [1.29, 1.82) is 0 Å². The summed E-state index contributed by atoms with van der Waals surface area (Å²) < 4.78 is 0. The average molecular weight is 272 g/mol. The topological polar surface area (TPSA) is 59.1 Å². The Bertz CT molecular complexity index is 616. The first kappa shape index (κ1) is 14.9. The largest absolute Gasteiger partial charge is 0.378 e. The second kappa shape index (κ2) is 5.51. The number of pyridine rings is 1. The van der Waals surface area contributed by atoms with Crippen LogP contribution in [0.25, 0.3) is 10.9 Å². The molecule has 0 radical (unpaired) electrons. The molecule has 3 heteroatoms. The van der Waals surface area contributed by atoms with E-state index < -0.39 is 11.6 Å². The van der Waals surface area contributed by atoms with Gasteiger partial charge in [-0.05, 0) is 43.9 Å². The molecule has 0 aliphatic heterocycles. The number of aromatic nitrogens is 1. The highest BCUT2D eigenvalue weighted by Gasteiger charge is 2.36. The highest BCUT2D eigenvalue weighted by atomic mass is 16.3. The third-order valence-electron chi connectivity index (χ3n) is 4.65. The van der Waals surface area contributed by atoms with E-state index in [1.165, 1.54) is 5.56 Å². The molecule has 1 aromatic carbocycles. The van der Waals surface area contributed by atoms with E-state index in [-0.39, 0.29) is 0 Å². The summed E-state index contributed by atoms with van der Waals surface area (Å²) in [6.07, 6.45) is 0.690. The van der Waals surface area contributed by atoms with Crippen molar-refractivity contribution in [2.75, 3.05) is 0 Å². The fourth-order valence-electron chi connectivity index (χ4n) is 3.01. The summed E-state index contributed by atoms with van der Waals surface area (Å²) in [7, 11) is 0. The Morgan fingerprint density at radius 1 is 1.25 bits per heavy atom. The standard InChI is InChI=1S/C17H24N2O/c1-5-17(6-2,16(18)20)14-9-7-8-13-10-11(3)12(4)19-15(13)14/h7-10,16,20H,5-6,18H2,1-4H3. The lowest BCUT2D eigenvalue weighted by Crippen LogP contribution is -2.44. The smallest absolute Gasteiger partial charge is 0.112 e. The van der Waals surface area contributed by atoms with Crippen LogP contribution in [0.3, 0.4) is 0 Å². The molecule has 2 aromatic rings. The monoisotopic (exact) mass is 272 g/mol. The van der Waals surface area contributed by atoms with E-state index in [1.54, 1.807) is 0 Å². The van der Waals surface area contributed by atoms with E-state index in [9.17, 15) is 5.11 Å². The van der Waals surface area contributed by atoms with E-state index in [4.69, 9.17) is 10.7 Å². The van der Waals surface area contributed by atoms with E-state index in [1.807, 2.05) is 19.1 Å². The number of nitrogens with zero attached hydrogens (tertiary/aromatic N) is 1. The summed E-state index contributed by atoms with van der Waals surface area (Å²) in [6, 6.07) is 8.29. The average Bonchev–Trinajstić information content (AvgIpc) is 2.42. The first-order valence-corrected chi connectivity index (χ1v) is 7.27. The maximum Gasteiger partial charge on any atom is 0.112 e. The van der Waals surface area contributed by atoms with Gasteiger partial charge in [-0.15, -0.1) is 0 Å². The van der Waals surface area contributed by atoms with E-state index in [0.717, 1.165) is 35.0 Å². The van der Waals surface area contributed by atoms with Gasteiger partial charge < -0.3 is 10.8 Å². The number of benzene rings is 1. The number of fused-ring (bicyclic) bond motifs is 1. The van der Waals surface area contributed by atoms with Crippen molar-refractivity contribution in [3.63, 3.8) is 0 Å². The van der Waals surface area contributed by atoms with Gasteiger partial charge in [-0.25, -0.2) is 0 Å². The minimum Gasteiger partial charge on any atom is -0.378 e. The molecule has 1 heterocycles. The van der Waals surface area contributed by atoms with Crippen LogP contribution in [0.15, 0.2) is 24.3 Å². The molecule has 0 aliphatic carbocycles. The number of para-hydroxylation sites is 1. The first-order valence-electron chi connectivity index (χ1n) is 7.27. The zero-order valence-corrected chi connectivity index (χ0v) is 12.8. The van der Waals surface area contributed by atoms with Crippen LogP contribution >= 0.6 is 0 Å². The van der Waals surface area contributed by atoms with Crippen molar-refractivity contribution in [2.45, 2.75) is 52.2 Å². The first-order chi connectivity index (χ1) is 9.46. The molecule has 2 rings (SSSR count). The molecule has 3 nitrogen and oxygen atoms in total.